The second-order valence-electron chi connectivity index (χ2n) is 1.87. The number of nitrogens with two attached hydrogens (primary N) is 1. The van der Waals surface area contributed by atoms with Crippen molar-refractivity contribution in [3.63, 3.8) is 0 Å². The molecule has 0 aromatic rings. The normalized spacial score (nSPS) is 12.0. The molecule has 0 bridgehead atoms. The van der Waals surface area contributed by atoms with E-state index < -0.39 is 0 Å². The van der Waals surface area contributed by atoms with Gasteiger partial charge in [0, 0.05) is 11.8 Å². The zero-order valence-corrected chi connectivity index (χ0v) is 6.93. The molecule has 0 aromatic heterocycles. The van der Waals surface area contributed by atoms with Gasteiger partial charge in [-0.2, -0.15) is 0 Å². The third-order valence-electron chi connectivity index (χ3n) is 0.880. The van der Waals surface area contributed by atoms with Crippen molar-refractivity contribution in [1.29, 1.82) is 0 Å². The van der Waals surface area contributed by atoms with Crippen molar-refractivity contribution in [2.75, 3.05) is 0 Å². The van der Waals surface area contributed by atoms with Crippen molar-refractivity contribution in [3.8, 4) is 0 Å². The second kappa shape index (κ2) is 4.68. The summed E-state index contributed by atoms with van der Waals surface area (Å²) in [6.45, 7) is 4.84. The van der Waals surface area contributed by atoms with Crippen molar-refractivity contribution in [2.45, 2.75) is 6.92 Å². The molecule has 0 aliphatic carbocycles. The average molecular weight is 173 g/mol. The number of rotatable bonds is 3. The van der Waals surface area contributed by atoms with Crippen molar-refractivity contribution in [3.05, 3.63) is 23.5 Å². The molecule has 0 spiro atoms. The lowest BCUT2D eigenvalue weighted by Crippen LogP contribution is -1.95. The van der Waals surface area contributed by atoms with Gasteiger partial charge in [0.1, 0.15) is 5.16 Å². The molecule has 0 amide bonds. The summed E-state index contributed by atoms with van der Waals surface area (Å²) >= 11 is 5.25. The lowest BCUT2D eigenvalue weighted by molar-refractivity contribution is -0.113. The number of Topliss-reactive ketones (excluding diaryl/α,β-unsaturated/α-hetero) is 1. The van der Waals surface area contributed by atoms with Crippen LogP contribution in [0.25, 0.3) is 0 Å². The zero-order valence-electron chi connectivity index (χ0n) is 6.17. The molecule has 0 heterocycles. The number of carbonyl (C=O) groups is 1. The first-order valence-electron chi connectivity index (χ1n) is 2.88. The maximum absolute atomic E-state index is 10.5. The highest BCUT2D eigenvalue weighted by Crippen LogP contribution is 1.91. The smallest absolute Gasteiger partial charge is 0.160 e. The van der Waals surface area contributed by atoms with Crippen LogP contribution in [0.3, 0.4) is 0 Å². The van der Waals surface area contributed by atoms with Crippen LogP contribution < -0.4 is 5.73 Å². The summed E-state index contributed by atoms with van der Waals surface area (Å²) in [4.78, 5) is 14.2. The van der Waals surface area contributed by atoms with Crippen molar-refractivity contribution in [2.24, 2.45) is 10.7 Å². The molecule has 0 aliphatic heterocycles. The van der Waals surface area contributed by atoms with Crippen LogP contribution in [0.15, 0.2) is 28.5 Å². The standard InChI is InChI=1S/C7H9ClN2O/c1-5(6(2)11)3-10-4-7(8)9/h3-4H,1,9H2,2H3/b7-4-,10-3?. The van der Waals surface area contributed by atoms with Crippen molar-refractivity contribution >= 4 is 23.6 Å². The van der Waals surface area contributed by atoms with Crippen LogP contribution in [0, 0.1) is 0 Å². The first kappa shape index (κ1) is 9.91. The molecule has 60 valence electrons. The van der Waals surface area contributed by atoms with E-state index in [0.717, 1.165) is 0 Å². The Kier molecular flexibility index (Phi) is 4.22. The average Bonchev–Trinajstić information content (AvgIpc) is 1.86. The van der Waals surface area contributed by atoms with Crippen LogP contribution in [0.1, 0.15) is 6.92 Å². The molecule has 0 rings (SSSR count). The summed E-state index contributed by atoms with van der Waals surface area (Å²) in [7, 11) is 0. The highest BCUT2D eigenvalue weighted by molar-refractivity contribution is 6.29. The van der Waals surface area contributed by atoms with Crippen LogP contribution in [-0.2, 0) is 4.79 Å². The van der Waals surface area contributed by atoms with Gasteiger partial charge in [0.05, 0.1) is 6.20 Å². The summed E-state index contributed by atoms with van der Waals surface area (Å²) in [5.74, 6) is -0.129. The van der Waals surface area contributed by atoms with Gasteiger partial charge in [0.15, 0.2) is 5.78 Å². The SMILES string of the molecule is C=C(C=N/C=C(\N)Cl)C(C)=O. The molecule has 2 N–H and O–H groups in total. The molecule has 0 aliphatic rings. The summed E-state index contributed by atoms with van der Waals surface area (Å²) in [6.07, 6.45) is 2.53. The van der Waals surface area contributed by atoms with E-state index in [-0.39, 0.29) is 10.9 Å². The molecule has 0 aromatic carbocycles. The van der Waals surface area contributed by atoms with E-state index in [1.54, 1.807) is 0 Å². The predicted octanol–water partition coefficient (Wildman–Crippen LogP) is 1.20. The molecule has 0 unspecified atom stereocenters. The van der Waals surface area contributed by atoms with Crippen LogP contribution >= 0.6 is 11.6 Å². The van der Waals surface area contributed by atoms with E-state index in [1.165, 1.54) is 19.3 Å². The highest BCUT2D eigenvalue weighted by Gasteiger charge is 1.92. The molecule has 11 heavy (non-hydrogen) atoms. The number of carbonyl (C=O) groups excluding carboxylic acids is 1. The minimum Gasteiger partial charge on any atom is -0.388 e. The molecule has 0 atom stereocenters. The summed E-state index contributed by atoms with van der Waals surface area (Å²) < 4.78 is 0. The fourth-order valence-corrected chi connectivity index (χ4v) is 0.346. The monoisotopic (exact) mass is 172 g/mol. The van der Waals surface area contributed by atoms with Gasteiger partial charge >= 0.3 is 0 Å². The Balaban J connectivity index is 4.05. The Hall–Kier alpha value is -1.09. The first-order chi connectivity index (χ1) is 5.04. The van der Waals surface area contributed by atoms with Gasteiger partial charge in [-0.3, -0.25) is 9.79 Å². The van der Waals surface area contributed by atoms with Crippen LogP contribution in [0.5, 0.6) is 0 Å². The number of halogens is 1. The lowest BCUT2D eigenvalue weighted by Gasteiger charge is -1.87. The fraction of sp³-hybridized carbons (Fsp3) is 0.143. The van der Waals surface area contributed by atoms with Crippen LogP contribution in [0.4, 0.5) is 0 Å². The van der Waals surface area contributed by atoms with E-state index in [4.69, 9.17) is 17.3 Å². The Bertz CT molecular complexity index is 227. The fourth-order valence-electron chi connectivity index (χ4n) is 0.289. The number of hydrogen-bond acceptors (Lipinski definition) is 3. The number of aliphatic imine (C=N–C) groups is 1. The first-order valence-corrected chi connectivity index (χ1v) is 3.26. The molecule has 0 fully saturated rings. The maximum Gasteiger partial charge on any atom is 0.160 e. The zero-order chi connectivity index (χ0) is 8.85. The Labute approximate surface area is 70.2 Å². The van der Waals surface area contributed by atoms with Gasteiger partial charge in [-0.25, -0.2) is 0 Å². The van der Waals surface area contributed by atoms with Gasteiger partial charge in [-0.1, -0.05) is 18.2 Å². The number of allylic oxidation sites excluding steroid dienone is 1. The van der Waals surface area contributed by atoms with Gasteiger partial charge < -0.3 is 5.73 Å². The minimum atomic E-state index is -0.129. The topological polar surface area (TPSA) is 55.4 Å². The van der Waals surface area contributed by atoms with E-state index >= 15 is 0 Å². The van der Waals surface area contributed by atoms with E-state index in [1.807, 2.05) is 0 Å². The number of nitrogens with zero attached hydrogens (tertiary/aromatic N) is 1. The summed E-state index contributed by atoms with van der Waals surface area (Å²) in [6, 6.07) is 0. The van der Waals surface area contributed by atoms with Gasteiger partial charge in [-0.05, 0) is 6.92 Å². The number of hydrogen-bond donors (Lipinski definition) is 1. The molecule has 0 radical (unpaired) electrons. The van der Waals surface area contributed by atoms with Crippen LogP contribution in [0.2, 0.25) is 0 Å². The summed E-state index contributed by atoms with van der Waals surface area (Å²) in [5.41, 5.74) is 5.37. The van der Waals surface area contributed by atoms with Gasteiger partial charge in [-0.15, -0.1) is 0 Å². The third kappa shape index (κ3) is 5.36. The molecular formula is C7H9ClN2O. The highest BCUT2D eigenvalue weighted by atomic mass is 35.5. The van der Waals surface area contributed by atoms with Gasteiger partial charge in [0.2, 0.25) is 0 Å². The van der Waals surface area contributed by atoms with Crippen molar-refractivity contribution < 1.29 is 4.79 Å². The third-order valence-corrected chi connectivity index (χ3v) is 0.978. The lowest BCUT2D eigenvalue weighted by atomic mass is 10.2. The Morgan fingerprint density at radius 1 is 1.73 bits per heavy atom. The molecule has 0 saturated heterocycles. The van der Waals surface area contributed by atoms with E-state index in [0.29, 0.717) is 5.57 Å². The summed E-state index contributed by atoms with van der Waals surface area (Å²) in [5, 5.41) is 0.0672. The Morgan fingerprint density at radius 3 is 2.64 bits per heavy atom. The van der Waals surface area contributed by atoms with E-state index in [2.05, 4.69) is 11.6 Å². The molecular weight excluding hydrogens is 164 g/mol. The minimum absolute atomic E-state index is 0.0672. The maximum atomic E-state index is 10.5. The molecule has 3 nitrogen and oxygen atoms in total. The largest absolute Gasteiger partial charge is 0.388 e. The van der Waals surface area contributed by atoms with Crippen molar-refractivity contribution in [1.82, 2.24) is 0 Å². The predicted molar refractivity (Wildman–Crippen MR) is 46.4 cm³/mol. The van der Waals surface area contributed by atoms with E-state index in [9.17, 15) is 4.79 Å². The quantitative estimate of drug-likeness (QED) is 0.395. The number of ketones is 1. The Morgan fingerprint density at radius 2 is 2.27 bits per heavy atom. The second-order valence-corrected chi connectivity index (χ2v) is 2.31. The van der Waals surface area contributed by atoms with Gasteiger partial charge in [0.25, 0.3) is 0 Å². The molecule has 0 saturated carbocycles. The van der Waals surface area contributed by atoms with Crippen LogP contribution in [-0.4, -0.2) is 12.0 Å². The molecule has 4 heteroatoms.